The number of nitrogens with zero attached hydrogens (tertiary/aromatic N) is 3. The summed E-state index contributed by atoms with van der Waals surface area (Å²) in [6.07, 6.45) is -4.50. The summed E-state index contributed by atoms with van der Waals surface area (Å²) < 4.78 is 38.4. The lowest BCUT2D eigenvalue weighted by Gasteiger charge is -2.18. The van der Waals surface area contributed by atoms with Crippen LogP contribution < -0.4 is 11.2 Å². The number of halogens is 3. The zero-order valence-corrected chi connectivity index (χ0v) is 17.3. The number of anilines is 1. The van der Waals surface area contributed by atoms with Crippen LogP contribution in [0.2, 0.25) is 0 Å². The summed E-state index contributed by atoms with van der Waals surface area (Å²) in [5.74, 6) is -2.44. The number of benzene rings is 2. The molecule has 2 aromatic carbocycles. The topological polar surface area (TPSA) is 137 Å². The van der Waals surface area contributed by atoms with Gasteiger partial charge in [-0.3, -0.25) is 14.6 Å². The number of ketones is 1. The molecule has 0 aliphatic carbocycles. The van der Waals surface area contributed by atoms with Crippen molar-refractivity contribution in [3.8, 4) is 0 Å². The quantitative estimate of drug-likeness (QED) is 0.356. The predicted molar refractivity (Wildman–Crippen MR) is 113 cm³/mol. The molecule has 1 aliphatic rings. The molecule has 1 heterocycles. The molecule has 0 bridgehead atoms. The molecule has 0 saturated carbocycles. The average Bonchev–Trinajstić information content (AvgIpc) is 3.05. The van der Waals surface area contributed by atoms with Gasteiger partial charge in [-0.2, -0.15) is 23.4 Å². The van der Waals surface area contributed by atoms with Crippen LogP contribution in [0.25, 0.3) is 0 Å². The standard InChI is InChI=1S/C21H18F3N5O4/c1-10(26-27-19(31)14-8-5-12(20(32)33)9-15(14)25)16-18(30)17(29(2)28-16)11-3-6-13(7-4-11)21(22,23)24/h3-9,17H,25H2,1-2H3,(H,27,31)(H,32,33)/b26-10+. The molecule has 172 valence electrons. The van der Waals surface area contributed by atoms with Gasteiger partial charge in [-0.05, 0) is 42.8 Å². The molecule has 4 N–H and O–H groups in total. The van der Waals surface area contributed by atoms with E-state index in [1.54, 1.807) is 0 Å². The van der Waals surface area contributed by atoms with Gasteiger partial charge in [0, 0.05) is 12.7 Å². The number of nitrogens with two attached hydrogens (primary N) is 1. The zero-order chi connectivity index (χ0) is 24.5. The molecule has 0 aromatic heterocycles. The highest BCUT2D eigenvalue weighted by atomic mass is 19.4. The van der Waals surface area contributed by atoms with Crippen LogP contribution in [-0.2, 0) is 11.0 Å². The van der Waals surface area contributed by atoms with Gasteiger partial charge in [-0.25, -0.2) is 10.2 Å². The summed E-state index contributed by atoms with van der Waals surface area (Å²) in [5, 5.41) is 18.2. The van der Waals surface area contributed by atoms with Crippen molar-refractivity contribution in [1.82, 2.24) is 10.4 Å². The number of carboxylic acid groups (broad SMARTS) is 1. The number of Topliss-reactive ketones (excluding diaryl/α,β-unsaturated/α-hetero) is 1. The second-order valence-corrected chi connectivity index (χ2v) is 7.15. The number of carboxylic acids is 1. The number of nitrogen functional groups attached to an aromatic ring is 1. The van der Waals surface area contributed by atoms with E-state index in [-0.39, 0.29) is 28.2 Å². The maximum atomic E-state index is 12.8. The first-order valence-corrected chi connectivity index (χ1v) is 9.40. The number of aromatic carboxylic acids is 1. The summed E-state index contributed by atoms with van der Waals surface area (Å²) in [7, 11) is 1.49. The third-order valence-electron chi connectivity index (χ3n) is 4.88. The van der Waals surface area contributed by atoms with Crippen LogP contribution in [0.15, 0.2) is 52.7 Å². The minimum atomic E-state index is -4.50. The summed E-state index contributed by atoms with van der Waals surface area (Å²) in [6.45, 7) is 1.43. The Morgan fingerprint density at radius 1 is 1.18 bits per heavy atom. The molecule has 12 heteroatoms. The summed E-state index contributed by atoms with van der Waals surface area (Å²) in [5.41, 5.74) is 7.24. The van der Waals surface area contributed by atoms with E-state index in [0.29, 0.717) is 5.56 Å². The SMILES string of the molecule is C/C(=N\NC(=O)c1ccc(C(=O)O)cc1N)C1=NN(C)C(c2ccc(C(F)(F)F)cc2)C1=O. The van der Waals surface area contributed by atoms with Gasteiger partial charge in [0.1, 0.15) is 6.04 Å². The second kappa shape index (κ2) is 8.73. The van der Waals surface area contributed by atoms with E-state index in [4.69, 9.17) is 10.8 Å². The van der Waals surface area contributed by atoms with Gasteiger partial charge in [0.25, 0.3) is 5.91 Å². The second-order valence-electron chi connectivity index (χ2n) is 7.15. The molecular formula is C21H18F3N5O4. The van der Waals surface area contributed by atoms with E-state index in [9.17, 15) is 27.6 Å². The van der Waals surface area contributed by atoms with Crippen molar-refractivity contribution in [2.24, 2.45) is 10.2 Å². The van der Waals surface area contributed by atoms with Crippen molar-refractivity contribution in [2.45, 2.75) is 19.1 Å². The number of hydrogen-bond acceptors (Lipinski definition) is 7. The Bertz CT molecular complexity index is 1190. The lowest BCUT2D eigenvalue weighted by atomic mass is 9.98. The molecule has 1 amide bonds. The van der Waals surface area contributed by atoms with Gasteiger partial charge < -0.3 is 10.8 Å². The Hall–Kier alpha value is -4.22. The van der Waals surface area contributed by atoms with Gasteiger partial charge >= 0.3 is 12.1 Å². The minimum Gasteiger partial charge on any atom is -0.478 e. The first-order chi connectivity index (χ1) is 15.4. The smallest absolute Gasteiger partial charge is 0.416 e. The highest BCUT2D eigenvalue weighted by Crippen LogP contribution is 2.32. The minimum absolute atomic E-state index is 0.0176. The van der Waals surface area contributed by atoms with E-state index < -0.39 is 35.4 Å². The maximum absolute atomic E-state index is 12.8. The Kier molecular flexibility index (Phi) is 6.20. The molecule has 33 heavy (non-hydrogen) atoms. The highest BCUT2D eigenvalue weighted by molar-refractivity contribution is 6.68. The van der Waals surface area contributed by atoms with E-state index in [1.165, 1.54) is 43.2 Å². The molecule has 1 aliphatic heterocycles. The van der Waals surface area contributed by atoms with Crippen LogP contribution in [0.1, 0.15) is 44.8 Å². The number of amides is 1. The van der Waals surface area contributed by atoms with Crippen molar-refractivity contribution < 1.29 is 32.7 Å². The molecule has 1 unspecified atom stereocenters. The summed E-state index contributed by atoms with van der Waals surface area (Å²) in [4.78, 5) is 36.1. The fraction of sp³-hybridized carbons (Fsp3) is 0.190. The van der Waals surface area contributed by atoms with Gasteiger partial charge in [-0.1, -0.05) is 12.1 Å². The Balaban J connectivity index is 1.74. The van der Waals surface area contributed by atoms with E-state index in [1.807, 2.05) is 0 Å². The Morgan fingerprint density at radius 3 is 2.36 bits per heavy atom. The normalized spacial score (nSPS) is 16.6. The average molecular weight is 461 g/mol. The van der Waals surface area contributed by atoms with Crippen molar-refractivity contribution in [2.75, 3.05) is 12.8 Å². The molecular weight excluding hydrogens is 443 g/mol. The van der Waals surface area contributed by atoms with Crippen LogP contribution in [-0.4, -0.2) is 46.2 Å². The number of nitrogens with one attached hydrogen (secondary N) is 1. The molecule has 9 nitrogen and oxygen atoms in total. The number of carbonyl (C=O) groups is 3. The zero-order valence-electron chi connectivity index (χ0n) is 17.3. The van der Waals surface area contributed by atoms with Crippen LogP contribution in [0.4, 0.5) is 18.9 Å². The molecule has 0 radical (unpaired) electrons. The predicted octanol–water partition coefficient (Wildman–Crippen LogP) is 2.70. The van der Waals surface area contributed by atoms with Crippen molar-refractivity contribution >= 4 is 34.8 Å². The van der Waals surface area contributed by atoms with E-state index >= 15 is 0 Å². The van der Waals surface area contributed by atoms with E-state index in [2.05, 4.69) is 15.6 Å². The number of likely N-dealkylation sites (N-methyl/N-ethyl adjacent to an activating group) is 1. The maximum Gasteiger partial charge on any atom is 0.416 e. The third kappa shape index (κ3) is 4.84. The van der Waals surface area contributed by atoms with E-state index in [0.717, 1.165) is 18.2 Å². The van der Waals surface area contributed by atoms with Crippen molar-refractivity contribution in [3.05, 3.63) is 64.7 Å². The lowest BCUT2D eigenvalue weighted by Crippen LogP contribution is -2.28. The van der Waals surface area contributed by atoms with Gasteiger partial charge in [0.15, 0.2) is 5.71 Å². The number of rotatable bonds is 5. The van der Waals surface area contributed by atoms with Crippen LogP contribution in [0.3, 0.4) is 0 Å². The van der Waals surface area contributed by atoms with Gasteiger partial charge in [0.05, 0.1) is 22.4 Å². The van der Waals surface area contributed by atoms with Crippen LogP contribution in [0, 0.1) is 0 Å². The van der Waals surface area contributed by atoms with Crippen LogP contribution in [0.5, 0.6) is 0 Å². The first-order valence-electron chi connectivity index (χ1n) is 9.40. The number of carbonyl (C=O) groups excluding carboxylic acids is 2. The largest absolute Gasteiger partial charge is 0.478 e. The summed E-state index contributed by atoms with van der Waals surface area (Å²) >= 11 is 0. The lowest BCUT2D eigenvalue weighted by molar-refractivity contribution is -0.137. The van der Waals surface area contributed by atoms with Crippen molar-refractivity contribution in [3.63, 3.8) is 0 Å². The molecule has 3 rings (SSSR count). The highest BCUT2D eigenvalue weighted by Gasteiger charge is 2.37. The fourth-order valence-electron chi connectivity index (χ4n) is 3.19. The Morgan fingerprint density at radius 2 is 1.82 bits per heavy atom. The monoisotopic (exact) mass is 461 g/mol. The molecule has 2 aromatic rings. The van der Waals surface area contributed by atoms with Gasteiger partial charge in [-0.15, -0.1) is 0 Å². The molecule has 0 spiro atoms. The third-order valence-corrected chi connectivity index (χ3v) is 4.88. The molecule has 0 saturated heterocycles. The molecule has 0 fully saturated rings. The fourth-order valence-corrected chi connectivity index (χ4v) is 3.19. The van der Waals surface area contributed by atoms with Gasteiger partial charge in [0.2, 0.25) is 5.78 Å². The van der Waals surface area contributed by atoms with Crippen LogP contribution >= 0.6 is 0 Å². The molecule has 1 atom stereocenters. The number of hydrazone groups is 2. The van der Waals surface area contributed by atoms with Crippen molar-refractivity contribution in [1.29, 1.82) is 0 Å². The number of hydrogen-bond donors (Lipinski definition) is 3. The Labute approximate surface area is 185 Å². The first kappa shape index (κ1) is 23.4. The number of alkyl halides is 3. The summed E-state index contributed by atoms with van der Waals surface area (Å²) in [6, 6.07) is 6.80.